The minimum atomic E-state index is -0.0282. The van der Waals surface area contributed by atoms with Crippen LogP contribution in [0.25, 0.3) is 0 Å². The third-order valence-electron chi connectivity index (χ3n) is 2.24. The number of hydrogen-bond donors (Lipinski definition) is 1. The number of nitrogens with zero attached hydrogens (tertiary/aromatic N) is 1. The van der Waals surface area contributed by atoms with Crippen molar-refractivity contribution < 1.29 is 9.94 Å². The molecule has 0 fully saturated rings. The molecule has 0 atom stereocenters. The Balaban J connectivity index is 2.32. The van der Waals surface area contributed by atoms with Gasteiger partial charge in [0.05, 0.1) is 5.56 Å². The summed E-state index contributed by atoms with van der Waals surface area (Å²) in [6.07, 6.45) is 0. The first-order chi connectivity index (χ1) is 8.70. The van der Waals surface area contributed by atoms with Gasteiger partial charge in [0.2, 0.25) is 0 Å². The van der Waals surface area contributed by atoms with E-state index in [-0.39, 0.29) is 5.17 Å². The monoisotopic (exact) mass is 281 g/mol. The second-order valence-corrected chi connectivity index (χ2v) is 4.24. The molecule has 0 unspecified atom stereocenters. The topological polar surface area (TPSA) is 41.8 Å². The molecule has 0 radical (unpaired) electrons. The molecule has 0 amide bonds. The van der Waals surface area contributed by atoms with Crippen molar-refractivity contribution in [1.82, 2.24) is 0 Å². The van der Waals surface area contributed by atoms with Crippen molar-refractivity contribution in [3.63, 3.8) is 0 Å². The molecule has 2 aromatic rings. The second kappa shape index (κ2) is 5.76. The summed E-state index contributed by atoms with van der Waals surface area (Å²) in [5.74, 6) is 1.12. The Kier molecular flexibility index (Phi) is 4.07. The Morgan fingerprint density at radius 2 is 1.72 bits per heavy atom. The largest absolute Gasteiger partial charge is 0.457 e. The molecule has 92 valence electrons. The van der Waals surface area contributed by atoms with Crippen LogP contribution in [-0.2, 0) is 0 Å². The van der Waals surface area contributed by atoms with Gasteiger partial charge in [-0.2, -0.15) is 0 Å². The van der Waals surface area contributed by atoms with Crippen LogP contribution in [0.3, 0.4) is 0 Å². The van der Waals surface area contributed by atoms with E-state index in [9.17, 15) is 0 Å². The summed E-state index contributed by atoms with van der Waals surface area (Å²) in [5, 5.41) is 12.3. The van der Waals surface area contributed by atoms with Crippen LogP contribution in [-0.4, -0.2) is 10.4 Å². The SMILES string of the molecule is ON=C(Cl)c1ccccc1Oc1ccc(Cl)cc1. The Morgan fingerprint density at radius 3 is 2.39 bits per heavy atom. The van der Waals surface area contributed by atoms with Crippen LogP contribution in [0.2, 0.25) is 5.02 Å². The van der Waals surface area contributed by atoms with Gasteiger partial charge in [-0.05, 0) is 36.4 Å². The molecular formula is C13H9Cl2NO2. The third kappa shape index (κ3) is 2.94. The van der Waals surface area contributed by atoms with E-state index >= 15 is 0 Å². The van der Waals surface area contributed by atoms with Crippen LogP contribution in [0.15, 0.2) is 53.7 Å². The summed E-state index contributed by atoms with van der Waals surface area (Å²) in [6.45, 7) is 0. The highest BCUT2D eigenvalue weighted by Gasteiger charge is 2.09. The van der Waals surface area contributed by atoms with E-state index in [1.54, 1.807) is 48.5 Å². The average Bonchev–Trinajstić information content (AvgIpc) is 2.41. The first-order valence-corrected chi connectivity index (χ1v) is 5.86. The molecule has 0 aliphatic rings. The van der Waals surface area contributed by atoms with Gasteiger partial charge in [-0.1, -0.05) is 40.5 Å². The maximum atomic E-state index is 8.70. The molecule has 0 saturated carbocycles. The van der Waals surface area contributed by atoms with Crippen molar-refractivity contribution >= 4 is 28.4 Å². The van der Waals surface area contributed by atoms with Gasteiger partial charge in [-0.3, -0.25) is 0 Å². The van der Waals surface area contributed by atoms with Crippen LogP contribution in [0.4, 0.5) is 0 Å². The number of hydrogen-bond acceptors (Lipinski definition) is 3. The Labute approximate surface area is 114 Å². The van der Waals surface area contributed by atoms with Crippen LogP contribution in [0, 0.1) is 0 Å². The number of halogens is 2. The van der Waals surface area contributed by atoms with Crippen molar-refractivity contribution in [1.29, 1.82) is 0 Å². The summed E-state index contributed by atoms with van der Waals surface area (Å²) in [7, 11) is 0. The van der Waals surface area contributed by atoms with Crippen LogP contribution in [0.5, 0.6) is 11.5 Å². The van der Waals surface area contributed by atoms with Gasteiger partial charge in [-0.25, -0.2) is 0 Å². The molecule has 2 aromatic carbocycles. The maximum absolute atomic E-state index is 8.70. The molecular weight excluding hydrogens is 273 g/mol. The molecule has 0 bridgehead atoms. The van der Waals surface area contributed by atoms with Crippen LogP contribution in [0.1, 0.15) is 5.56 Å². The fourth-order valence-corrected chi connectivity index (χ4v) is 1.69. The fraction of sp³-hybridized carbons (Fsp3) is 0. The zero-order chi connectivity index (χ0) is 13.0. The van der Waals surface area contributed by atoms with Crippen molar-refractivity contribution in [2.24, 2.45) is 5.16 Å². The van der Waals surface area contributed by atoms with E-state index in [4.69, 9.17) is 33.1 Å². The number of benzene rings is 2. The van der Waals surface area contributed by atoms with Gasteiger partial charge in [0.1, 0.15) is 11.5 Å². The minimum absolute atomic E-state index is 0.0282. The Bertz CT molecular complexity index is 567. The van der Waals surface area contributed by atoms with Gasteiger partial charge in [0.15, 0.2) is 5.17 Å². The summed E-state index contributed by atoms with van der Waals surface area (Å²) < 4.78 is 5.65. The highest BCUT2D eigenvalue weighted by atomic mass is 35.5. The summed E-state index contributed by atoms with van der Waals surface area (Å²) in [6, 6.07) is 13.9. The molecule has 2 rings (SSSR count). The smallest absolute Gasteiger partial charge is 0.179 e. The highest BCUT2D eigenvalue weighted by Crippen LogP contribution is 2.27. The standard InChI is InChI=1S/C13H9Cl2NO2/c14-9-5-7-10(8-6-9)18-12-4-2-1-3-11(12)13(15)16-17/h1-8,17H. The third-order valence-corrected chi connectivity index (χ3v) is 2.77. The zero-order valence-corrected chi connectivity index (χ0v) is 10.7. The lowest BCUT2D eigenvalue weighted by molar-refractivity contribution is 0.320. The average molecular weight is 282 g/mol. The van der Waals surface area contributed by atoms with Crippen molar-refractivity contribution in [2.75, 3.05) is 0 Å². The predicted octanol–water partition coefficient (Wildman–Crippen LogP) is 4.51. The predicted molar refractivity (Wildman–Crippen MR) is 72.1 cm³/mol. The highest BCUT2D eigenvalue weighted by molar-refractivity contribution is 6.69. The molecule has 0 spiro atoms. The lowest BCUT2D eigenvalue weighted by atomic mass is 10.2. The number of oxime groups is 1. The van der Waals surface area contributed by atoms with Crippen LogP contribution >= 0.6 is 23.2 Å². The van der Waals surface area contributed by atoms with Crippen LogP contribution < -0.4 is 4.74 Å². The van der Waals surface area contributed by atoms with E-state index in [1.807, 2.05) is 0 Å². The van der Waals surface area contributed by atoms with Gasteiger partial charge in [0.25, 0.3) is 0 Å². The van der Waals surface area contributed by atoms with Gasteiger partial charge in [0, 0.05) is 5.02 Å². The lowest BCUT2D eigenvalue weighted by Gasteiger charge is -2.09. The second-order valence-electron chi connectivity index (χ2n) is 3.44. The van der Waals surface area contributed by atoms with E-state index in [1.165, 1.54) is 0 Å². The van der Waals surface area contributed by atoms with Gasteiger partial charge >= 0.3 is 0 Å². The molecule has 3 nitrogen and oxygen atoms in total. The molecule has 0 heterocycles. The van der Waals surface area contributed by atoms with Gasteiger partial charge in [-0.15, -0.1) is 0 Å². The van der Waals surface area contributed by atoms with Crippen molar-refractivity contribution in [3.8, 4) is 11.5 Å². The molecule has 0 aromatic heterocycles. The molecule has 5 heteroatoms. The number of ether oxygens (including phenoxy) is 1. The van der Waals surface area contributed by atoms with E-state index in [0.29, 0.717) is 22.1 Å². The van der Waals surface area contributed by atoms with E-state index in [0.717, 1.165) is 0 Å². The Hall–Kier alpha value is -1.71. The van der Waals surface area contributed by atoms with E-state index in [2.05, 4.69) is 5.16 Å². The molecule has 18 heavy (non-hydrogen) atoms. The fourth-order valence-electron chi connectivity index (χ4n) is 1.41. The summed E-state index contributed by atoms with van der Waals surface area (Å²) >= 11 is 11.6. The van der Waals surface area contributed by atoms with E-state index < -0.39 is 0 Å². The summed E-state index contributed by atoms with van der Waals surface area (Å²) in [5.41, 5.74) is 0.511. The first kappa shape index (κ1) is 12.7. The minimum Gasteiger partial charge on any atom is -0.457 e. The first-order valence-electron chi connectivity index (χ1n) is 5.11. The number of rotatable bonds is 3. The normalized spacial score (nSPS) is 11.3. The Morgan fingerprint density at radius 1 is 1.06 bits per heavy atom. The lowest BCUT2D eigenvalue weighted by Crippen LogP contribution is -1.96. The molecule has 0 saturated heterocycles. The quantitative estimate of drug-likeness (QED) is 0.511. The molecule has 0 aliphatic heterocycles. The molecule has 0 aliphatic carbocycles. The van der Waals surface area contributed by atoms with Gasteiger partial charge < -0.3 is 9.94 Å². The van der Waals surface area contributed by atoms with Crippen molar-refractivity contribution in [2.45, 2.75) is 0 Å². The maximum Gasteiger partial charge on any atom is 0.179 e. The summed E-state index contributed by atoms with van der Waals surface area (Å²) in [4.78, 5) is 0. The zero-order valence-electron chi connectivity index (χ0n) is 9.18. The molecule has 1 N–H and O–H groups in total. The van der Waals surface area contributed by atoms with Crippen molar-refractivity contribution in [3.05, 3.63) is 59.1 Å². The number of para-hydroxylation sites is 1.